The molecule has 0 spiro atoms. The van der Waals surface area contributed by atoms with Crippen LogP contribution in [-0.4, -0.2) is 11.2 Å². The molecule has 0 amide bonds. The third kappa shape index (κ3) is 6.88. The SMILES string of the molecule is CC1(C)OC(=C(C#N)C#N)C(C#N)=C1/C=C/c1ccc(N(c2ccccc2)c2ccc(/C=C/C3=C(C#N)C(=C(C#N)C#N)OC3(C)C)cc2)cc1. The lowest BCUT2D eigenvalue weighted by molar-refractivity contribution is 0.0951. The first-order valence-corrected chi connectivity index (χ1v) is 15.7. The number of hydrogen-bond acceptors (Lipinski definition) is 9. The predicted octanol–water partition coefficient (Wildman–Crippen LogP) is 9.04. The number of hydrogen-bond donors (Lipinski definition) is 0. The molecule has 244 valence electrons. The quantitative estimate of drug-likeness (QED) is 0.224. The van der Waals surface area contributed by atoms with Gasteiger partial charge in [-0.15, -0.1) is 0 Å². The van der Waals surface area contributed by atoms with Crippen LogP contribution in [0.2, 0.25) is 0 Å². The van der Waals surface area contributed by atoms with E-state index in [4.69, 9.17) is 9.47 Å². The molecular formula is C42H29N7O2. The van der Waals surface area contributed by atoms with Crippen molar-refractivity contribution in [2.75, 3.05) is 4.90 Å². The molecule has 0 saturated heterocycles. The average molecular weight is 664 g/mol. The van der Waals surface area contributed by atoms with Crippen molar-refractivity contribution in [2.45, 2.75) is 38.9 Å². The Labute approximate surface area is 296 Å². The van der Waals surface area contributed by atoms with E-state index in [1.807, 2.05) is 115 Å². The van der Waals surface area contributed by atoms with E-state index in [1.54, 1.807) is 39.8 Å². The molecular weight excluding hydrogens is 635 g/mol. The molecule has 51 heavy (non-hydrogen) atoms. The molecule has 0 atom stereocenters. The van der Waals surface area contributed by atoms with Crippen LogP contribution in [-0.2, 0) is 9.47 Å². The Kier molecular flexibility index (Phi) is 9.73. The summed E-state index contributed by atoms with van der Waals surface area (Å²) in [5, 5.41) is 57.1. The summed E-state index contributed by atoms with van der Waals surface area (Å²) in [4.78, 5) is 2.11. The van der Waals surface area contributed by atoms with E-state index < -0.39 is 11.2 Å². The van der Waals surface area contributed by atoms with Crippen molar-refractivity contribution in [1.82, 2.24) is 0 Å². The van der Waals surface area contributed by atoms with Crippen molar-refractivity contribution in [3.05, 3.63) is 147 Å². The highest BCUT2D eigenvalue weighted by Gasteiger charge is 2.39. The fraction of sp³-hybridized carbons (Fsp3) is 0.143. The number of rotatable bonds is 7. The van der Waals surface area contributed by atoms with Crippen LogP contribution >= 0.6 is 0 Å². The maximum absolute atomic E-state index is 9.85. The largest absolute Gasteiger partial charge is 0.480 e. The molecule has 2 aliphatic heterocycles. The van der Waals surface area contributed by atoms with Crippen molar-refractivity contribution in [3.8, 4) is 36.4 Å². The van der Waals surface area contributed by atoms with E-state index in [-0.39, 0.29) is 33.8 Å². The molecule has 0 radical (unpaired) electrons. The van der Waals surface area contributed by atoms with Crippen molar-refractivity contribution in [1.29, 1.82) is 31.6 Å². The van der Waals surface area contributed by atoms with Gasteiger partial charge in [-0.25, -0.2) is 0 Å². The number of ether oxygens (including phenoxy) is 2. The Morgan fingerprint density at radius 3 is 1.20 bits per heavy atom. The first kappa shape index (κ1) is 34.8. The van der Waals surface area contributed by atoms with Gasteiger partial charge in [0.2, 0.25) is 0 Å². The highest BCUT2D eigenvalue weighted by molar-refractivity contribution is 5.78. The van der Waals surface area contributed by atoms with Crippen molar-refractivity contribution < 1.29 is 9.47 Å². The molecule has 2 aliphatic rings. The van der Waals surface area contributed by atoms with Crippen LogP contribution in [0.1, 0.15) is 38.8 Å². The van der Waals surface area contributed by atoms with Crippen LogP contribution in [0.4, 0.5) is 17.1 Å². The Bertz CT molecular complexity index is 2170. The van der Waals surface area contributed by atoms with Gasteiger partial charge in [-0.2, -0.15) is 31.6 Å². The molecule has 0 unspecified atom stereocenters. The molecule has 9 heteroatoms. The monoisotopic (exact) mass is 663 g/mol. The van der Waals surface area contributed by atoms with Crippen LogP contribution in [0.15, 0.2) is 136 Å². The highest BCUT2D eigenvalue weighted by atomic mass is 16.5. The zero-order valence-electron chi connectivity index (χ0n) is 28.3. The van der Waals surface area contributed by atoms with Gasteiger partial charge in [-0.1, -0.05) is 66.8 Å². The summed E-state index contributed by atoms with van der Waals surface area (Å²) in [7, 11) is 0. The summed E-state index contributed by atoms with van der Waals surface area (Å²) in [5.41, 5.74) is 3.65. The first-order valence-electron chi connectivity index (χ1n) is 15.7. The van der Waals surface area contributed by atoms with Crippen LogP contribution in [0.3, 0.4) is 0 Å². The minimum Gasteiger partial charge on any atom is -0.480 e. The summed E-state index contributed by atoms with van der Waals surface area (Å²) in [6.45, 7) is 7.13. The predicted molar refractivity (Wildman–Crippen MR) is 191 cm³/mol. The lowest BCUT2D eigenvalue weighted by atomic mass is 9.94. The van der Waals surface area contributed by atoms with Crippen molar-refractivity contribution in [2.24, 2.45) is 0 Å². The molecule has 0 N–H and O–H groups in total. The Hall–Kier alpha value is -7.56. The highest BCUT2D eigenvalue weighted by Crippen LogP contribution is 2.42. The topological polar surface area (TPSA) is 164 Å². The second kappa shape index (κ2) is 14.3. The second-order valence-electron chi connectivity index (χ2n) is 12.4. The number of benzene rings is 3. The summed E-state index contributed by atoms with van der Waals surface area (Å²) in [6, 6.07) is 37.1. The van der Waals surface area contributed by atoms with Crippen molar-refractivity contribution >= 4 is 29.2 Å². The van der Waals surface area contributed by atoms with Gasteiger partial charge in [-0.05, 0) is 75.2 Å². The summed E-state index contributed by atoms with van der Waals surface area (Å²) >= 11 is 0. The standard InChI is InChI=1S/C42H29N7O2/c1-41(2)37(35(26-47)39(50-41)30(22-43)23-44)20-14-28-10-16-33(17-11-28)49(32-8-6-5-7-9-32)34-18-12-29(13-19-34)15-21-38-36(27-48)40(31(24-45)25-46)51-42(38,3)4/h5-21H,1-4H3/b20-14+,21-15+. The fourth-order valence-electron chi connectivity index (χ4n) is 5.82. The van der Waals surface area contributed by atoms with Gasteiger partial charge in [0.15, 0.2) is 22.7 Å². The van der Waals surface area contributed by atoms with Gasteiger partial charge >= 0.3 is 0 Å². The van der Waals surface area contributed by atoms with Crippen LogP contribution in [0, 0.1) is 68.0 Å². The van der Waals surface area contributed by atoms with E-state index in [2.05, 4.69) is 17.0 Å². The number of anilines is 3. The Balaban J connectivity index is 1.45. The zero-order chi connectivity index (χ0) is 36.8. The summed E-state index contributed by atoms with van der Waals surface area (Å²) < 4.78 is 11.7. The number of para-hydroxylation sites is 1. The van der Waals surface area contributed by atoms with Crippen LogP contribution in [0.5, 0.6) is 0 Å². The maximum Gasteiger partial charge on any atom is 0.172 e. The zero-order valence-corrected chi connectivity index (χ0v) is 28.3. The Morgan fingerprint density at radius 2 is 0.863 bits per heavy atom. The number of nitriles is 6. The molecule has 0 bridgehead atoms. The molecule has 0 fully saturated rings. The lowest BCUT2D eigenvalue weighted by Crippen LogP contribution is -2.20. The molecule has 0 saturated carbocycles. The molecule has 0 aromatic heterocycles. The summed E-state index contributed by atoms with van der Waals surface area (Å²) in [6.07, 6.45) is 7.29. The normalized spacial score (nSPS) is 15.6. The maximum atomic E-state index is 9.85. The Morgan fingerprint density at radius 1 is 0.510 bits per heavy atom. The van der Waals surface area contributed by atoms with Crippen molar-refractivity contribution in [3.63, 3.8) is 0 Å². The molecule has 5 rings (SSSR count). The number of allylic oxidation sites excluding steroid dienone is 4. The van der Waals surface area contributed by atoms with Gasteiger partial charge < -0.3 is 14.4 Å². The first-order chi connectivity index (χ1) is 24.5. The van der Waals surface area contributed by atoms with Gasteiger partial charge in [0.05, 0.1) is 0 Å². The third-order valence-corrected chi connectivity index (χ3v) is 8.33. The van der Waals surface area contributed by atoms with E-state index >= 15 is 0 Å². The second-order valence-corrected chi connectivity index (χ2v) is 12.4. The molecule has 9 nitrogen and oxygen atoms in total. The van der Waals surface area contributed by atoms with E-state index in [0.29, 0.717) is 11.1 Å². The average Bonchev–Trinajstić information content (AvgIpc) is 3.55. The van der Waals surface area contributed by atoms with E-state index in [0.717, 1.165) is 28.2 Å². The van der Waals surface area contributed by atoms with Crippen LogP contribution < -0.4 is 4.90 Å². The molecule has 0 aliphatic carbocycles. The van der Waals surface area contributed by atoms with E-state index in [9.17, 15) is 31.6 Å². The lowest BCUT2D eigenvalue weighted by Gasteiger charge is -2.25. The van der Waals surface area contributed by atoms with Gasteiger partial charge in [0.1, 0.15) is 58.8 Å². The van der Waals surface area contributed by atoms with Gasteiger partial charge in [0, 0.05) is 28.2 Å². The van der Waals surface area contributed by atoms with Gasteiger partial charge in [0.25, 0.3) is 0 Å². The molecule has 3 aromatic carbocycles. The van der Waals surface area contributed by atoms with E-state index in [1.165, 1.54) is 0 Å². The fourth-order valence-corrected chi connectivity index (χ4v) is 5.82. The molecule has 3 aromatic rings. The smallest absolute Gasteiger partial charge is 0.172 e. The summed E-state index contributed by atoms with van der Waals surface area (Å²) in [5.74, 6) is -0.00187. The number of nitrogens with zero attached hydrogens (tertiary/aromatic N) is 7. The van der Waals surface area contributed by atoms with Crippen LogP contribution in [0.25, 0.3) is 12.2 Å². The third-order valence-electron chi connectivity index (χ3n) is 8.33. The minimum absolute atomic E-state index is 0.000937. The van der Waals surface area contributed by atoms with Gasteiger partial charge in [-0.3, -0.25) is 0 Å². The minimum atomic E-state index is -0.907. The molecule has 2 heterocycles.